The Morgan fingerprint density at radius 2 is 1.60 bits per heavy atom. The Labute approximate surface area is 206 Å². The van der Waals surface area contributed by atoms with Gasteiger partial charge in [-0.1, -0.05) is 51.9 Å². The molecular weight excluding hydrogens is 450 g/mol. The summed E-state index contributed by atoms with van der Waals surface area (Å²) in [5, 5.41) is 13.7. The monoisotopic (exact) mass is 485 g/mol. The van der Waals surface area contributed by atoms with E-state index in [-0.39, 0.29) is 17.0 Å². The van der Waals surface area contributed by atoms with Gasteiger partial charge >= 0.3 is 5.97 Å². The largest absolute Gasteiger partial charge is 0.494 e. The lowest BCUT2D eigenvalue weighted by atomic mass is 10.1. The second kappa shape index (κ2) is 15.3. The minimum Gasteiger partial charge on any atom is -0.494 e. The SMILES string of the molecule is CCCCCCCCCCOc1ccc(NC(=O)c2cnc(C(=O)NCC(=O)O)c(OC)c2)cc1. The van der Waals surface area contributed by atoms with Crippen molar-refractivity contribution in [3.63, 3.8) is 0 Å². The van der Waals surface area contributed by atoms with Crippen LogP contribution >= 0.6 is 0 Å². The van der Waals surface area contributed by atoms with Gasteiger partial charge in [0.2, 0.25) is 0 Å². The number of anilines is 1. The van der Waals surface area contributed by atoms with Gasteiger partial charge in [0, 0.05) is 11.9 Å². The zero-order valence-corrected chi connectivity index (χ0v) is 20.5. The first-order valence-corrected chi connectivity index (χ1v) is 12.0. The van der Waals surface area contributed by atoms with Gasteiger partial charge in [-0.25, -0.2) is 4.98 Å². The summed E-state index contributed by atoms with van der Waals surface area (Å²) in [5.41, 5.74) is 0.659. The summed E-state index contributed by atoms with van der Waals surface area (Å²) < 4.78 is 10.9. The number of nitrogens with zero attached hydrogens (tertiary/aromatic N) is 1. The Bertz CT molecular complexity index is 962. The maximum absolute atomic E-state index is 12.6. The number of nitrogens with one attached hydrogen (secondary N) is 2. The van der Waals surface area contributed by atoms with Crippen molar-refractivity contribution >= 4 is 23.5 Å². The van der Waals surface area contributed by atoms with Crippen molar-refractivity contribution in [1.29, 1.82) is 0 Å². The second-order valence-corrected chi connectivity index (χ2v) is 8.15. The van der Waals surface area contributed by atoms with Gasteiger partial charge in [0.25, 0.3) is 11.8 Å². The number of hydrogen-bond donors (Lipinski definition) is 3. The van der Waals surface area contributed by atoms with E-state index >= 15 is 0 Å². The average molecular weight is 486 g/mol. The molecule has 3 N–H and O–H groups in total. The molecule has 2 aromatic rings. The average Bonchev–Trinajstić information content (AvgIpc) is 2.86. The molecule has 1 aromatic heterocycles. The molecule has 9 nitrogen and oxygen atoms in total. The Morgan fingerprint density at radius 1 is 0.943 bits per heavy atom. The van der Waals surface area contributed by atoms with E-state index in [2.05, 4.69) is 22.5 Å². The van der Waals surface area contributed by atoms with Crippen LogP contribution < -0.4 is 20.1 Å². The molecule has 0 aliphatic carbocycles. The Hall–Kier alpha value is -3.62. The van der Waals surface area contributed by atoms with Gasteiger partial charge in [-0.05, 0) is 36.8 Å². The van der Waals surface area contributed by atoms with E-state index in [0.717, 1.165) is 18.6 Å². The number of amides is 2. The molecule has 190 valence electrons. The molecule has 0 saturated heterocycles. The normalized spacial score (nSPS) is 10.5. The maximum atomic E-state index is 12.6. The number of rotatable bonds is 16. The smallest absolute Gasteiger partial charge is 0.322 e. The molecule has 2 amide bonds. The molecule has 2 rings (SSSR count). The Kier molecular flexibility index (Phi) is 12.1. The highest BCUT2D eigenvalue weighted by atomic mass is 16.5. The molecular formula is C26H35N3O6. The Morgan fingerprint density at radius 3 is 2.23 bits per heavy atom. The first kappa shape index (κ1) is 27.6. The molecule has 0 aliphatic rings. The van der Waals surface area contributed by atoms with Gasteiger partial charge < -0.3 is 25.2 Å². The van der Waals surface area contributed by atoms with E-state index in [1.807, 2.05) is 0 Å². The zero-order chi connectivity index (χ0) is 25.5. The van der Waals surface area contributed by atoms with E-state index in [4.69, 9.17) is 14.6 Å². The van der Waals surface area contributed by atoms with E-state index in [1.165, 1.54) is 57.9 Å². The predicted octanol–water partition coefficient (Wildman–Crippen LogP) is 4.68. The molecule has 0 spiro atoms. The first-order chi connectivity index (χ1) is 16.9. The highest BCUT2D eigenvalue weighted by molar-refractivity contribution is 6.05. The van der Waals surface area contributed by atoms with Crippen molar-refractivity contribution in [2.45, 2.75) is 58.3 Å². The summed E-state index contributed by atoms with van der Waals surface area (Å²) in [6.07, 6.45) is 11.2. The fourth-order valence-corrected chi connectivity index (χ4v) is 3.40. The van der Waals surface area contributed by atoms with Gasteiger partial charge in [-0.15, -0.1) is 0 Å². The molecule has 9 heteroatoms. The lowest BCUT2D eigenvalue weighted by molar-refractivity contribution is -0.135. The summed E-state index contributed by atoms with van der Waals surface area (Å²) in [6, 6.07) is 8.47. The third kappa shape index (κ3) is 10.0. The molecule has 0 unspecified atom stereocenters. The minimum absolute atomic E-state index is 0.0604. The highest BCUT2D eigenvalue weighted by Crippen LogP contribution is 2.20. The topological polar surface area (TPSA) is 127 Å². The van der Waals surface area contributed by atoms with Crippen molar-refractivity contribution in [1.82, 2.24) is 10.3 Å². The summed E-state index contributed by atoms with van der Waals surface area (Å²) in [7, 11) is 1.33. The number of carbonyl (C=O) groups is 3. The van der Waals surface area contributed by atoms with Gasteiger partial charge in [-0.3, -0.25) is 14.4 Å². The van der Waals surface area contributed by atoms with E-state index < -0.39 is 24.3 Å². The van der Waals surface area contributed by atoms with Gasteiger partial charge in [0.15, 0.2) is 11.4 Å². The zero-order valence-electron chi connectivity index (χ0n) is 20.5. The molecule has 0 saturated carbocycles. The number of benzene rings is 1. The number of carbonyl (C=O) groups excluding carboxylic acids is 2. The third-order valence-corrected chi connectivity index (χ3v) is 5.33. The van der Waals surface area contributed by atoms with E-state index in [0.29, 0.717) is 12.3 Å². The quantitative estimate of drug-likeness (QED) is 0.295. The summed E-state index contributed by atoms with van der Waals surface area (Å²) in [6.45, 7) is 2.34. The van der Waals surface area contributed by atoms with Crippen LogP contribution in [0.5, 0.6) is 11.5 Å². The van der Waals surface area contributed by atoms with Crippen LogP contribution in [0.4, 0.5) is 5.69 Å². The number of aliphatic carboxylic acids is 1. The number of methoxy groups -OCH3 is 1. The molecule has 0 fully saturated rings. The molecule has 1 aromatic carbocycles. The lowest BCUT2D eigenvalue weighted by Crippen LogP contribution is -2.30. The molecule has 0 aliphatic heterocycles. The number of pyridine rings is 1. The maximum Gasteiger partial charge on any atom is 0.322 e. The molecule has 0 bridgehead atoms. The van der Waals surface area contributed by atoms with Gasteiger partial charge in [0.1, 0.15) is 12.3 Å². The van der Waals surface area contributed by atoms with E-state index in [1.54, 1.807) is 24.3 Å². The number of carboxylic acid groups (broad SMARTS) is 1. The lowest BCUT2D eigenvalue weighted by Gasteiger charge is -2.11. The third-order valence-electron chi connectivity index (χ3n) is 5.33. The number of carboxylic acids is 1. The van der Waals surface area contributed by atoms with Crippen molar-refractivity contribution in [3.8, 4) is 11.5 Å². The Balaban J connectivity index is 1.81. The number of hydrogen-bond acceptors (Lipinski definition) is 6. The number of unbranched alkanes of at least 4 members (excludes halogenated alkanes) is 7. The van der Waals surface area contributed by atoms with Crippen LogP contribution in [0.15, 0.2) is 36.5 Å². The van der Waals surface area contributed by atoms with E-state index in [9.17, 15) is 14.4 Å². The summed E-state index contributed by atoms with van der Waals surface area (Å²) >= 11 is 0. The van der Waals surface area contributed by atoms with Crippen molar-refractivity contribution in [2.75, 3.05) is 25.6 Å². The molecule has 0 atom stereocenters. The second-order valence-electron chi connectivity index (χ2n) is 8.15. The van der Waals surface area contributed by atoms with Crippen LogP contribution in [-0.4, -0.2) is 48.1 Å². The molecule has 0 radical (unpaired) electrons. The van der Waals surface area contributed by atoms with Crippen LogP contribution in [0, 0.1) is 0 Å². The summed E-state index contributed by atoms with van der Waals surface area (Å²) in [5.74, 6) is -1.52. The fourth-order valence-electron chi connectivity index (χ4n) is 3.40. The highest BCUT2D eigenvalue weighted by Gasteiger charge is 2.18. The minimum atomic E-state index is -1.18. The van der Waals surface area contributed by atoms with Crippen molar-refractivity contribution < 1.29 is 29.0 Å². The van der Waals surface area contributed by atoms with Crippen LogP contribution in [-0.2, 0) is 4.79 Å². The van der Waals surface area contributed by atoms with Crippen LogP contribution in [0.1, 0.15) is 79.1 Å². The molecule has 1 heterocycles. The number of aromatic nitrogens is 1. The summed E-state index contributed by atoms with van der Waals surface area (Å²) in [4.78, 5) is 39.3. The van der Waals surface area contributed by atoms with Crippen LogP contribution in [0.3, 0.4) is 0 Å². The standard InChI is InChI=1S/C26H35N3O6/c1-3-4-5-6-7-8-9-10-15-35-21-13-11-20(12-14-21)29-25(32)19-16-22(34-2)24(27-17-19)26(33)28-18-23(30)31/h11-14,16-17H,3-10,15,18H2,1-2H3,(H,28,33)(H,29,32)(H,30,31). The molecule has 35 heavy (non-hydrogen) atoms. The fraction of sp³-hybridized carbons (Fsp3) is 0.462. The first-order valence-electron chi connectivity index (χ1n) is 12.0. The van der Waals surface area contributed by atoms with Crippen molar-refractivity contribution in [2.24, 2.45) is 0 Å². The van der Waals surface area contributed by atoms with Crippen LogP contribution in [0.2, 0.25) is 0 Å². The van der Waals surface area contributed by atoms with Crippen LogP contribution in [0.25, 0.3) is 0 Å². The van der Waals surface area contributed by atoms with Crippen molar-refractivity contribution in [3.05, 3.63) is 47.8 Å². The van der Waals surface area contributed by atoms with Gasteiger partial charge in [0.05, 0.1) is 19.3 Å². The predicted molar refractivity (Wildman–Crippen MR) is 133 cm³/mol. The van der Waals surface area contributed by atoms with Gasteiger partial charge in [-0.2, -0.15) is 0 Å². The number of ether oxygens (including phenoxy) is 2.